The summed E-state index contributed by atoms with van der Waals surface area (Å²) in [6.07, 6.45) is 8.15. The molecule has 2 aliphatic rings. The average molecular weight is 332 g/mol. The zero-order chi connectivity index (χ0) is 8.49. The van der Waals surface area contributed by atoms with E-state index in [0.29, 0.717) is 0 Å². The predicted octanol–water partition coefficient (Wildman–Crippen LogP) is 0.0920. The molecule has 0 N–H and O–H groups in total. The van der Waals surface area contributed by atoms with Crippen molar-refractivity contribution in [1.82, 2.24) is 0 Å². The Morgan fingerprint density at radius 1 is 0.500 bits per heavy atom. The second kappa shape index (κ2) is 14.2. The molecule has 2 fully saturated rings. The normalized spacial score (nSPS) is 20.6. The third-order valence-electron chi connectivity index (χ3n) is 2.26. The summed E-state index contributed by atoms with van der Waals surface area (Å²) in [5, 5.41) is 8.35. The van der Waals surface area contributed by atoms with Gasteiger partial charge >= 0.3 is 40.8 Å². The van der Waals surface area contributed by atoms with Gasteiger partial charge in [0.2, 0.25) is 0 Å². The molecule has 0 bridgehead atoms. The van der Waals surface area contributed by atoms with Crippen LogP contribution in [0.2, 0.25) is 0 Å². The molecule has 2 rings (SSSR count). The molecule has 0 aromatic carbocycles. The molecule has 0 aromatic rings. The first kappa shape index (κ1) is 17.6. The zero-order valence-electron chi connectivity index (χ0n) is 8.84. The molecule has 14 heavy (non-hydrogen) atoms. The van der Waals surface area contributed by atoms with Crippen molar-refractivity contribution >= 4 is 0 Å². The van der Waals surface area contributed by atoms with Crippen molar-refractivity contribution in [2.24, 2.45) is 0 Å². The molecule has 2 nitrogen and oxygen atoms in total. The van der Waals surface area contributed by atoms with Gasteiger partial charge in [0.25, 0.3) is 0 Å². The Bertz CT molecular complexity index is 61.1. The molecule has 0 amide bonds. The Kier molecular flexibility index (Phi) is 17.8. The van der Waals surface area contributed by atoms with Crippen LogP contribution >= 0.6 is 0 Å². The van der Waals surface area contributed by atoms with E-state index in [1.807, 2.05) is 0 Å². The van der Waals surface area contributed by atoms with Crippen LogP contribution in [0.3, 0.4) is 0 Å². The fraction of sp³-hybridized carbons (Fsp3) is 1.00. The molecule has 0 aromatic heterocycles. The minimum atomic E-state index is 0. The van der Waals surface area contributed by atoms with Gasteiger partial charge in [-0.2, -0.15) is 0 Å². The van der Waals surface area contributed by atoms with E-state index >= 15 is 0 Å². The van der Waals surface area contributed by atoms with E-state index in [2.05, 4.69) is 10.6 Å². The summed E-state index contributed by atoms with van der Waals surface area (Å²) >= 11 is 0. The van der Waals surface area contributed by atoms with Gasteiger partial charge in [-0.15, -0.1) is 26.2 Å². The van der Waals surface area contributed by atoms with E-state index < -0.39 is 0 Å². The average Bonchev–Trinajstić information content (AvgIpc) is 2.24. The molecular formula is C10H20FN2Nd. The number of rotatable bonds is 0. The van der Waals surface area contributed by atoms with Gasteiger partial charge in [-0.3, -0.25) is 0 Å². The van der Waals surface area contributed by atoms with E-state index in [1.54, 1.807) is 0 Å². The molecule has 2 saturated heterocycles. The van der Waals surface area contributed by atoms with Crippen LogP contribution in [0.5, 0.6) is 0 Å². The van der Waals surface area contributed by atoms with Crippen molar-refractivity contribution in [1.29, 1.82) is 0 Å². The van der Waals surface area contributed by atoms with Crippen molar-refractivity contribution in [3.63, 3.8) is 0 Å². The van der Waals surface area contributed by atoms with Crippen molar-refractivity contribution in [2.45, 2.75) is 38.5 Å². The summed E-state index contributed by atoms with van der Waals surface area (Å²) in [6, 6.07) is 0. The van der Waals surface area contributed by atoms with E-state index in [1.165, 1.54) is 38.5 Å². The number of halogens is 1. The number of nitrogens with zero attached hydrogens (tertiary/aromatic N) is 2. The fourth-order valence-electron chi connectivity index (χ4n) is 1.47. The molecule has 81 valence electrons. The van der Waals surface area contributed by atoms with Crippen LogP contribution in [0.4, 0.5) is 0 Å². The summed E-state index contributed by atoms with van der Waals surface area (Å²) < 4.78 is 0. The molecule has 4 heteroatoms. The van der Waals surface area contributed by atoms with Gasteiger partial charge in [-0.05, 0) is 0 Å². The Morgan fingerprint density at radius 3 is 0.857 bits per heavy atom. The van der Waals surface area contributed by atoms with Crippen molar-refractivity contribution in [2.75, 3.05) is 26.2 Å². The number of hydrogen-bond donors (Lipinski definition) is 0. The van der Waals surface area contributed by atoms with Crippen LogP contribution < -0.4 is 4.70 Å². The third kappa shape index (κ3) is 11.3. The van der Waals surface area contributed by atoms with Crippen LogP contribution in [0.1, 0.15) is 38.5 Å². The molecule has 1 radical (unpaired) electrons. The van der Waals surface area contributed by atoms with Gasteiger partial charge in [0.05, 0.1) is 0 Å². The molecule has 0 spiro atoms. The molecule has 2 aliphatic heterocycles. The predicted molar refractivity (Wildman–Crippen MR) is 53.9 cm³/mol. The Labute approximate surface area is 120 Å². The number of piperidine rings is 2. The number of hydrogen-bond acceptors (Lipinski definition) is 0. The van der Waals surface area contributed by atoms with Crippen LogP contribution in [0.15, 0.2) is 0 Å². The van der Waals surface area contributed by atoms with Crippen molar-refractivity contribution in [3.8, 4) is 0 Å². The second-order valence-electron chi connectivity index (χ2n) is 3.46. The Hall–Kier alpha value is 1.20. The second-order valence-corrected chi connectivity index (χ2v) is 3.46. The monoisotopic (exact) mass is 329 g/mol. The third-order valence-corrected chi connectivity index (χ3v) is 2.26. The van der Waals surface area contributed by atoms with E-state index in [-0.39, 0.29) is 45.5 Å². The summed E-state index contributed by atoms with van der Waals surface area (Å²) in [4.78, 5) is 0. The summed E-state index contributed by atoms with van der Waals surface area (Å²) in [5.74, 6) is 0. The van der Waals surface area contributed by atoms with Gasteiger partial charge in [-0.25, -0.2) is 0 Å². The maximum absolute atomic E-state index is 4.18. The molecule has 0 aliphatic carbocycles. The first-order valence-corrected chi connectivity index (χ1v) is 5.26. The maximum atomic E-state index is 4.18. The summed E-state index contributed by atoms with van der Waals surface area (Å²) in [5.41, 5.74) is 0. The Balaban J connectivity index is 0. The summed E-state index contributed by atoms with van der Waals surface area (Å²) in [6.45, 7) is 4.50. The maximum Gasteiger partial charge on any atom is 3.00 e. The zero-order valence-corrected chi connectivity index (χ0v) is 12.1. The van der Waals surface area contributed by atoms with Crippen LogP contribution in [0, 0.1) is 40.8 Å². The Morgan fingerprint density at radius 2 is 0.786 bits per heavy atom. The fourth-order valence-corrected chi connectivity index (χ4v) is 1.47. The van der Waals surface area contributed by atoms with Gasteiger partial charge < -0.3 is 15.3 Å². The van der Waals surface area contributed by atoms with Gasteiger partial charge in [0.15, 0.2) is 0 Å². The molecule has 0 atom stereocenters. The standard InChI is InChI=1S/2C5H10N.FH.Nd/c2*1-2-4-6-5-3-1;;/h2*1-5H2;1H;/q2*-1;;+3/p-1. The van der Waals surface area contributed by atoms with Crippen LogP contribution in [-0.4, -0.2) is 26.2 Å². The largest absolute Gasteiger partial charge is 3.00 e. The smallest absolute Gasteiger partial charge is 1.00 e. The van der Waals surface area contributed by atoms with Crippen LogP contribution in [-0.2, 0) is 0 Å². The molecular weight excluding hydrogens is 311 g/mol. The van der Waals surface area contributed by atoms with Crippen LogP contribution in [0.25, 0.3) is 10.6 Å². The van der Waals surface area contributed by atoms with Crippen molar-refractivity contribution < 1.29 is 45.5 Å². The van der Waals surface area contributed by atoms with E-state index in [4.69, 9.17) is 0 Å². The van der Waals surface area contributed by atoms with E-state index in [0.717, 1.165) is 26.2 Å². The first-order chi connectivity index (χ1) is 6.00. The van der Waals surface area contributed by atoms with Gasteiger partial charge in [0.1, 0.15) is 0 Å². The molecule has 0 unspecified atom stereocenters. The SMILES string of the molecule is C1CC[N-]CC1.C1CC[N-]CC1.[F-].[Nd+3]. The summed E-state index contributed by atoms with van der Waals surface area (Å²) in [7, 11) is 0. The molecule has 0 saturated carbocycles. The molecule has 2 heterocycles. The first-order valence-electron chi connectivity index (χ1n) is 5.26. The quantitative estimate of drug-likeness (QED) is 0.602. The minimum absolute atomic E-state index is 0. The van der Waals surface area contributed by atoms with E-state index in [9.17, 15) is 0 Å². The van der Waals surface area contributed by atoms with Gasteiger partial charge in [-0.1, -0.05) is 38.5 Å². The van der Waals surface area contributed by atoms with Gasteiger partial charge in [0, 0.05) is 0 Å². The topological polar surface area (TPSA) is 28.2 Å². The van der Waals surface area contributed by atoms with Crippen molar-refractivity contribution in [3.05, 3.63) is 10.6 Å². The minimum Gasteiger partial charge on any atom is -1.00 e.